The molecule has 11 N–H and O–H groups in total. The van der Waals surface area contributed by atoms with Gasteiger partial charge in [-0.3, -0.25) is 9.59 Å². The number of nitrogens with one attached hydrogen (secondary N) is 3. The molecule has 0 amide bonds. The number of fused-ring (bicyclic) bond motifs is 10. The average molecular weight is 1240 g/mol. The Morgan fingerprint density at radius 3 is 2.51 bits per heavy atom. The Labute approximate surface area is 528 Å². The van der Waals surface area contributed by atoms with Crippen molar-refractivity contribution in [2.24, 2.45) is 40.9 Å². The molecule has 478 valence electrons. The number of aliphatic hydroxyl groups is 5. The second kappa shape index (κ2) is 25.3. The quantitative estimate of drug-likeness (QED) is 0.0275. The number of esters is 1. The van der Waals surface area contributed by atoms with Crippen LogP contribution >= 0.6 is 0 Å². The van der Waals surface area contributed by atoms with Gasteiger partial charge in [-0.2, -0.15) is 0 Å². The van der Waals surface area contributed by atoms with E-state index < -0.39 is 65.0 Å². The molecule has 6 aliphatic rings. The number of phenols is 3. The maximum absolute atomic E-state index is 15.7. The molecule has 2 bridgehead atoms. The van der Waals surface area contributed by atoms with Crippen LogP contribution in [0.5, 0.6) is 28.7 Å². The summed E-state index contributed by atoms with van der Waals surface area (Å²) in [6.07, 6.45) is 4.75. The van der Waals surface area contributed by atoms with E-state index in [-0.39, 0.29) is 116 Å². The van der Waals surface area contributed by atoms with Gasteiger partial charge in [0, 0.05) is 78.0 Å². The Balaban J connectivity index is 1.01. The number of ether oxygens (including phenoxy) is 3. The molecule has 4 aromatic carbocycles. The number of hydrogen-bond acceptors (Lipinski definition) is 15. The molecule has 18 heteroatoms. The fraction of sp³-hybridized carbons (Fsp3) is 0.466. The van der Waals surface area contributed by atoms with Gasteiger partial charge in [0.05, 0.1) is 60.5 Å². The third kappa shape index (κ3) is 11.2. The minimum Gasteiger partial charge on any atom is -0.508 e. The van der Waals surface area contributed by atoms with E-state index in [0.29, 0.717) is 68.9 Å². The van der Waals surface area contributed by atoms with Crippen molar-refractivity contribution in [1.82, 2.24) is 19.9 Å². The summed E-state index contributed by atoms with van der Waals surface area (Å²) in [6.45, 7) is 1.30. The van der Waals surface area contributed by atoms with Crippen molar-refractivity contribution >= 4 is 45.5 Å². The van der Waals surface area contributed by atoms with Gasteiger partial charge in [0.25, 0.3) is 0 Å². The van der Waals surface area contributed by atoms with Crippen LogP contribution < -0.4 is 14.8 Å². The molecular formula is C73H82N4O14. The SMILES string of the molecule is COc1cc2c(cc1O)C1=C[C@H]3C[C@@]4(C[C@]5(N[C@H]([C@H](C)O)CC[C@H]5n5c(-c6cccc(O)c6)cc6[nH]ccc65)[C@@H](CCCO)[C@H]4C=O)[C@@H]4C[C@H](O)CC[C@@H]4[C@H]3[C@H]2CC(=O)C[C@@H]([C@H](O)Cc2ccc(O)c(OCCO)c2)OC(=O)CC#CCc2c1[nH]c1ccccc21. The maximum atomic E-state index is 15.7. The van der Waals surface area contributed by atoms with Crippen LogP contribution in [0.15, 0.2) is 103 Å². The summed E-state index contributed by atoms with van der Waals surface area (Å²) in [6, 6.07) is 26.7. The minimum atomic E-state index is -1.42. The molecule has 5 heterocycles. The molecule has 18 nitrogen and oxygen atoms in total. The second-order valence-electron chi connectivity index (χ2n) is 26.7. The van der Waals surface area contributed by atoms with E-state index in [1.807, 2.05) is 48.7 Å². The van der Waals surface area contributed by atoms with Crippen molar-refractivity contribution in [3.8, 4) is 51.8 Å². The molecule has 0 radical (unpaired) electrons. The largest absolute Gasteiger partial charge is 0.508 e. The Morgan fingerprint density at radius 1 is 0.879 bits per heavy atom. The lowest BCUT2D eigenvalue weighted by atomic mass is 9.45. The van der Waals surface area contributed by atoms with Gasteiger partial charge in [0.2, 0.25) is 0 Å². The van der Waals surface area contributed by atoms with Crippen LogP contribution in [0.4, 0.5) is 0 Å². The zero-order valence-electron chi connectivity index (χ0n) is 51.4. The number of aliphatic hydroxyl groups excluding tert-OH is 5. The third-order valence-corrected chi connectivity index (χ3v) is 21.8. The topological polar surface area (TPSA) is 289 Å². The molecule has 4 aliphatic carbocycles. The van der Waals surface area contributed by atoms with E-state index >= 15 is 9.59 Å². The normalized spacial score (nSPS) is 29.7. The van der Waals surface area contributed by atoms with E-state index in [4.69, 9.17) is 14.2 Å². The first-order valence-electron chi connectivity index (χ1n) is 32.4. The summed E-state index contributed by atoms with van der Waals surface area (Å²) < 4.78 is 20.0. The first-order valence-corrected chi connectivity index (χ1v) is 32.4. The van der Waals surface area contributed by atoms with E-state index in [2.05, 4.69) is 49.9 Å². The number of cyclic esters (lactones) is 1. The van der Waals surface area contributed by atoms with Gasteiger partial charge < -0.3 is 79.7 Å². The van der Waals surface area contributed by atoms with Gasteiger partial charge >= 0.3 is 5.97 Å². The summed E-state index contributed by atoms with van der Waals surface area (Å²) in [4.78, 5) is 52.1. The van der Waals surface area contributed by atoms with Gasteiger partial charge in [-0.15, -0.1) is 0 Å². The van der Waals surface area contributed by atoms with Crippen LogP contribution in [0.3, 0.4) is 0 Å². The number of phenolic OH excluding ortho intramolecular Hbond substituents is 3. The van der Waals surface area contributed by atoms with Crippen LogP contribution in [0.25, 0.3) is 38.8 Å². The number of nitrogens with zero attached hydrogens (tertiary/aromatic N) is 1. The highest BCUT2D eigenvalue weighted by Crippen LogP contribution is 2.72. The number of Topliss-reactive ketones (excluding diaryl/α,β-unsaturated/α-hetero) is 1. The summed E-state index contributed by atoms with van der Waals surface area (Å²) in [5.74, 6) is 2.44. The number of allylic oxidation sites excluding steroid dienone is 1. The fourth-order valence-corrected chi connectivity index (χ4v) is 18.3. The van der Waals surface area contributed by atoms with Crippen molar-refractivity contribution < 1.29 is 69.4 Å². The average Bonchev–Trinajstić information content (AvgIpc) is 1.54. The number of rotatable bonds is 14. The summed E-state index contributed by atoms with van der Waals surface area (Å²) >= 11 is 0. The minimum absolute atomic E-state index is 0.0853. The van der Waals surface area contributed by atoms with Crippen LogP contribution in [0, 0.1) is 52.8 Å². The van der Waals surface area contributed by atoms with Crippen LogP contribution in [0.1, 0.15) is 124 Å². The Bertz CT molecular complexity index is 3980. The number of aldehydes is 1. The molecule has 4 fully saturated rings. The predicted octanol–water partition coefficient (Wildman–Crippen LogP) is 9.08. The Morgan fingerprint density at radius 2 is 1.71 bits per heavy atom. The fourth-order valence-electron chi connectivity index (χ4n) is 18.3. The number of benzene rings is 4. The number of piperidine rings is 1. The number of H-pyrrole nitrogens is 2. The zero-order chi connectivity index (χ0) is 63.5. The van der Waals surface area contributed by atoms with E-state index in [1.165, 1.54) is 19.2 Å². The van der Waals surface area contributed by atoms with Crippen molar-refractivity contribution in [3.05, 3.63) is 131 Å². The Hall–Kier alpha value is -7.89. The standard InChI is InChI=1S/C73H82N4O14/c1-40(81)57-19-21-68(77-60-22-23-74-59(60)36-61(77)42-9-7-10-44(82)29-42)73(76-57)39-72(56(38-80)54(73)13-8-24-78)37-43-30-53-50-34-64(87)65(89-2)35-51(50)52(70(43)49-18-17-45(83)32-55(49)72)31-46(84)33-67(63(86)27-41-16-20-62(85)66(28-41)90-26-25-79)91-69(88)15-6-4-12-48-47-11-3-5-14-58(47)75-71(48)53/h3,5,7,9-11,14,16,20,22-23,28-30,34-36,38,40,43,45,49,52,54-57,63,67-68,70,74-76,78-79,81-83,85-87H,8,12-13,15,17-19,21,24-27,31-33,37,39H2,1-2H3/t40-,43-,45+,49-,52-,54-,55+,56+,57-,63+,67-,68+,70-,72+,73-/m0/s1. The molecule has 3 aromatic heterocycles. The van der Waals surface area contributed by atoms with Gasteiger partial charge in [-0.1, -0.05) is 54.3 Å². The summed E-state index contributed by atoms with van der Waals surface area (Å²) in [5.41, 5.74) is 6.84. The molecule has 1 saturated heterocycles. The first-order chi connectivity index (χ1) is 44.1. The van der Waals surface area contributed by atoms with Crippen molar-refractivity contribution in [2.75, 3.05) is 26.9 Å². The van der Waals surface area contributed by atoms with Crippen molar-refractivity contribution in [2.45, 2.75) is 145 Å². The highest BCUT2D eigenvalue weighted by atomic mass is 16.6. The van der Waals surface area contributed by atoms with Gasteiger partial charge in [0.1, 0.15) is 37.0 Å². The van der Waals surface area contributed by atoms with Crippen LogP contribution in [-0.4, -0.2) is 136 Å². The lowest BCUT2D eigenvalue weighted by Crippen LogP contribution is -2.64. The summed E-state index contributed by atoms with van der Waals surface area (Å²) in [5, 5.41) is 95.4. The van der Waals surface area contributed by atoms with Crippen molar-refractivity contribution in [1.29, 1.82) is 0 Å². The highest BCUT2D eigenvalue weighted by Gasteiger charge is 2.70. The molecule has 13 rings (SSSR count). The number of carbonyl (C=O) groups excluding carboxylic acids is 3. The molecule has 2 spiro atoms. The van der Waals surface area contributed by atoms with Crippen molar-refractivity contribution in [3.63, 3.8) is 0 Å². The smallest absolute Gasteiger partial charge is 0.318 e. The number of para-hydroxylation sites is 1. The molecular weight excluding hydrogens is 1160 g/mol. The van der Waals surface area contributed by atoms with Gasteiger partial charge in [0.15, 0.2) is 23.0 Å². The van der Waals surface area contributed by atoms with Crippen LogP contribution in [0.2, 0.25) is 0 Å². The number of methoxy groups -OCH3 is 1. The number of hydrogen-bond donors (Lipinski definition) is 11. The molecule has 0 unspecified atom stereocenters. The third-order valence-electron chi connectivity index (χ3n) is 21.8. The lowest BCUT2D eigenvalue weighted by Gasteiger charge is -2.59. The number of aromatic nitrogens is 3. The number of ketones is 1. The second-order valence-corrected chi connectivity index (χ2v) is 26.7. The lowest BCUT2D eigenvalue weighted by molar-refractivity contribution is -0.155. The van der Waals surface area contributed by atoms with Crippen LogP contribution in [-0.2, 0) is 32.0 Å². The molecule has 91 heavy (non-hydrogen) atoms. The number of aromatic amines is 2. The molecule has 7 aromatic rings. The molecule has 2 aliphatic heterocycles. The number of carbonyl (C=O) groups is 3. The predicted molar refractivity (Wildman–Crippen MR) is 341 cm³/mol. The van der Waals surface area contributed by atoms with E-state index in [1.54, 1.807) is 31.2 Å². The van der Waals surface area contributed by atoms with Gasteiger partial charge in [-0.25, -0.2) is 0 Å². The highest BCUT2D eigenvalue weighted by molar-refractivity contribution is 5.95. The Kier molecular flexibility index (Phi) is 17.2. The van der Waals surface area contributed by atoms with E-state index in [9.17, 15) is 45.6 Å². The monoisotopic (exact) mass is 1240 g/mol. The van der Waals surface area contributed by atoms with Gasteiger partial charge in [-0.05, 0) is 182 Å². The first kappa shape index (κ1) is 61.9. The molecule has 3 saturated carbocycles. The maximum Gasteiger partial charge on any atom is 0.318 e. The molecule has 15 atom stereocenters. The number of aromatic hydroxyl groups is 3. The van der Waals surface area contributed by atoms with E-state index in [0.717, 1.165) is 61.9 Å². The summed E-state index contributed by atoms with van der Waals surface area (Å²) in [7, 11) is 1.49. The zero-order valence-corrected chi connectivity index (χ0v) is 51.4.